The minimum atomic E-state index is -4.39. The summed E-state index contributed by atoms with van der Waals surface area (Å²) in [4.78, 5) is 13.4. The molecule has 140 valence electrons. The average Bonchev–Trinajstić information content (AvgIpc) is 3.07. The van der Waals surface area contributed by atoms with Crippen LogP contribution in [0.15, 0.2) is 30.5 Å². The fraction of sp³-hybridized carbons (Fsp3) is 0.438. The zero-order valence-electron chi connectivity index (χ0n) is 13.8. The number of amides is 1. The lowest BCUT2D eigenvalue weighted by Crippen LogP contribution is -2.40. The highest BCUT2D eigenvalue weighted by atomic mass is 19.4. The monoisotopic (exact) mass is 370 g/mol. The van der Waals surface area contributed by atoms with Crippen LogP contribution < -0.4 is 0 Å². The topological polar surface area (TPSA) is 69.5 Å². The Morgan fingerprint density at radius 1 is 1.27 bits per heavy atom. The molecule has 0 atom stereocenters. The van der Waals surface area contributed by atoms with Gasteiger partial charge in [-0.2, -0.15) is 13.2 Å². The van der Waals surface area contributed by atoms with Crippen LogP contribution in [-0.4, -0.2) is 52.3 Å². The number of hydrogen-bond acceptors (Lipinski definition) is 5. The highest BCUT2D eigenvalue weighted by molar-refractivity contribution is 5.67. The van der Waals surface area contributed by atoms with Gasteiger partial charge < -0.3 is 14.4 Å². The van der Waals surface area contributed by atoms with Crippen molar-refractivity contribution in [2.75, 3.05) is 26.3 Å². The van der Waals surface area contributed by atoms with Gasteiger partial charge in [0.25, 0.3) is 0 Å². The van der Waals surface area contributed by atoms with Crippen molar-refractivity contribution in [2.45, 2.75) is 19.3 Å². The van der Waals surface area contributed by atoms with Crippen molar-refractivity contribution in [1.82, 2.24) is 19.9 Å². The quantitative estimate of drug-likeness (QED) is 0.826. The van der Waals surface area contributed by atoms with E-state index in [-0.39, 0.29) is 13.2 Å². The lowest BCUT2D eigenvalue weighted by molar-refractivity contribution is -0.137. The highest BCUT2D eigenvalue weighted by Gasteiger charge is 2.30. The van der Waals surface area contributed by atoms with E-state index in [1.807, 2.05) is 0 Å². The third kappa shape index (κ3) is 4.72. The predicted molar refractivity (Wildman–Crippen MR) is 83.1 cm³/mol. The van der Waals surface area contributed by atoms with Crippen LogP contribution >= 0.6 is 0 Å². The van der Waals surface area contributed by atoms with E-state index in [0.29, 0.717) is 37.6 Å². The van der Waals surface area contributed by atoms with Crippen LogP contribution in [0.4, 0.5) is 18.0 Å². The van der Waals surface area contributed by atoms with Crippen LogP contribution in [0.2, 0.25) is 0 Å². The molecular weight excluding hydrogens is 353 g/mol. The molecule has 0 aliphatic carbocycles. The minimum Gasteiger partial charge on any atom is -0.443 e. The molecule has 26 heavy (non-hydrogen) atoms. The van der Waals surface area contributed by atoms with Gasteiger partial charge in [-0.15, -0.1) is 5.10 Å². The Labute approximate surface area is 147 Å². The van der Waals surface area contributed by atoms with E-state index < -0.39 is 17.8 Å². The van der Waals surface area contributed by atoms with Crippen LogP contribution in [0, 0.1) is 0 Å². The van der Waals surface area contributed by atoms with E-state index in [2.05, 4.69) is 10.3 Å². The van der Waals surface area contributed by atoms with Gasteiger partial charge in [0, 0.05) is 13.1 Å². The molecular formula is C16H17F3N4O3. The number of hydrogen-bond donors (Lipinski definition) is 0. The summed E-state index contributed by atoms with van der Waals surface area (Å²) in [5.74, 6) is 0. The molecule has 0 bridgehead atoms. The minimum absolute atomic E-state index is 0.0568. The van der Waals surface area contributed by atoms with E-state index in [4.69, 9.17) is 9.47 Å². The summed E-state index contributed by atoms with van der Waals surface area (Å²) < 4.78 is 50.0. The largest absolute Gasteiger partial charge is 0.443 e. The zero-order chi connectivity index (χ0) is 18.6. The molecule has 3 rings (SSSR count). The first-order chi connectivity index (χ1) is 12.4. The van der Waals surface area contributed by atoms with Gasteiger partial charge in [-0.1, -0.05) is 17.3 Å². The van der Waals surface area contributed by atoms with E-state index in [0.717, 1.165) is 12.1 Å². The first-order valence-electron chi connectivity index (χ1n) is 7.96. The van der Waals surface area contributed by atoms with Crippen LogP contribution in [0.25, 0.3) is 0 Å². The first-order valence-corrected chi connectivity index (χ1v) is 7.96. The summed E-state index contributed by atoms with van der Waals surface area (Å²) >= 11 is 0. The van der Waals surface area contributed by atoms with Crippen molar-refractivity contribution >= 4 is 6.09 Å². The SMILES string of the molecule is O=C(OCc1cn(Cc2cccc(C(F)(F)F)c2)nn1)N1CCOCC1. The third-order valence-electron chi connectivity index (χ3n) is 3.80. The Hall–Kier alpha value is -2.62. The van der Waals surface area contributed by atoms with Crippen molar-refractivity contribution < 1.29 is 27.4 Å². The molecule has 1 amide bonds. The smallest absolute Gasteiger partial charge is 0.416 e. The number of alkyl halides is 3. The molecule has 2 aromatic rings. The van der Waals surface area contributed by atoms with Gasteiger partial charge in [-0.3, -0.25) is 0 Å². The molecule has 1 aliphatic heterocycles. The maximum Gasteiger partial charge on any atom is 0.416 e. The number of carbonyl (C=O) groups is 1. The van der Waals surface area contributed by atoms with Gasteiger partial charge >= 0.3 is 12.3 Å². The Morgan fingerprint density at radius 2 is 2.04 bits per heavy atom. The summed E-state index contributed by atoms with van der Waals surface area (Å²) in [5, 5.41) is 7.73. The van der Waals surface area contributed by atoms with E-state index in [1.54, 1.807) is 6.07 Å². The molecule has 0 N–H and O–H groups in total. The molecule has 10 heteroatoms. The number of morpholine rings is 1. The summed E-state index contributed by atoms with van der Waals surface area (Å²) in [6.07, 6.45) is -3.31. The Kier molecular flexibility index (Phi) is 5.40. The van der Waals surface area contributed by atoms with Crippen LogP contribution in [-0.2, 0) is 28.8 Å². The predicted octanol–water partition coefficient (Wildman–Crippen LogP) is 2.31. The Bertz CT molecular complexity index is 757. The summed E-state index contributed by atoms with van der Waals surface area (Å²) in [6.45, 7) is 1.97. The Balaban J connectivity index is 1.55. The highest BCUT2D eigenvalue weighted by Crippen LogP contribution is 2.29. The second-order valence-corrected chi connectivity index (χ2v) is 5.76. The summed E-state index contributed by atoms with van der Waals surface area (Å²) in [7, 11) is 0. The first kappa shape index (κ1) is 18.2. The maximum absolute atomic E-state index is 12.7. The van der Waals surface area contributed by atoms with Gasteiger partial charge in [0.1, 0.15) is 12.3 Å². The molecule has 1 saturated heterocycles. The summed E-state index contributed by atoms with van der Waals surface area (Å²) in [5.41, 5.74) is 0.148. The lowest BCUT2D eigenvalue weighted by atomic mass is 10.1. The second-order valence-electron chi connectivity index (χ2n) is 5.76. The lowest BCUT2D eigenvalue weighted by Gasteiger charge is -2.25. The number of aromatic nitrogens is 3. The van der Waals surface area contributed by atoms with Crippen LogP contribution in [0.1, 0.15) is 16.8 Å². The molecule has 0 spiro atoms. The number of rotatable bonds is 4. The van der Waals surface area contributed by atoms with Crippen LogP contribution in [0.3, 0.4) is 0 Å². The third-order valence-corrected chi connectivity index (χ3v) is 3.80. The van der Waals surface area contributed by atoms with Crippen molar-refractivity contribution in [3.05, 3.63) is 47.3 Å². The van der Waals surface area contributed by atoms with E-state index >= 15 is 0 Å². The van der Waals surface area contributed by atoms with Crippen LogP contribution in [0.5, 0.6) is 0 Å². The number of ether oxygens (including phenoxy) is 2. The zero-order valence-corrected chi connectivity index (χ0v) is 13.8. The molecule has 0 unspecified atom stereocenters. The number of nitrogens with zero attached hydrogens (tertiary/aromatic N) is 4. The van der Waals surface area contributed by atoms with E-state index in [9.17, 15) is 18.0 Å². The van der Waals surface area contributed by atoms with Gasteiger partial charge in [0.05, 0.1) is 31.5 Å². The van der Waals surface area contributed by atoms with Gasteiger partial charge in [-0.05, 0) is 17.7 Å². The van der Waals surface area contributed by atoms with E-state index in [1.165, 1.54) is 21.8 Å². The second kappa shape index (κ2) is 7.73. The van der Waals surface area contributed by atoms with Gasteiger partial charge in [-0.25, -0.2) is 9.48 Å². The number of benzene rings is 1. The number of halogens is 3. The molecule has 0 saturated carbocycles. The van der Waals surface area contributed by atoms with Crippen molar-refractivity contribution in [2.24, 2.45) is 0 Å². The molecule has 1 aliphatic rings. The van der Waals surface area contributed by atoms with Gasteiger partial charge in [0.2, 0.25) is 0 Å². The molecule has 1 aromatic carbocycles. The standard InChI is InChI=1S/C16H17F3N4O3/c17-16(18,19)13-3-1-2-12(8-13)9-23-10-14(20-21-23)11-26-15(24)22-4-6-25-7-5-22/h1-3,8,10H,4-7,9,11H2. The number of carbonyl (C=O) groups excluding carboxylic acids is 1. The van der Waals surface area contributed by atoms with Gasteiger partial charge in [0.15, 0.2) is 0 Å². The average molecular weight is 370 g/mol. The molecule has 1 aromatic heterocycles. The van der Waals surface area contributed by atoms with Crippen molar-refractivity contribution in [3.8, 4) is 0 Å². The molecule has 0 radical (unpaired) electrons. The normalized spacial score (nSPS) is 15.1. The molecule has 1 fully saturated rings. The Morgan fingerprint density at radius 3 is 2.77 bits per heavy atom. The molecule has 7 nitrogen and oxygen atoms in total. The fourth-order valence-corrected chi connectivity index (χ4v) is 2.49. The van der Waals surface area contributed by atoms with Crippen molar-refractivity contribution in [1.29, 1.82) is 0 Å². The summed E-state index contributed by atoms with van der Waals surface area (Å²) in [6, 6.07) is 5.01. The fourth-order valence-electron chi connectivity index (χ4n) is 2.49. The van der Waals surface area contributed by atoms with Crippen molar-refractivity contribution in [3.63, 3.8) is 0 Å². The maximum atomic E-state index is 12.7. The molecule has 2 heterocycles.